The molecule has 1 aliphatic rings. The highest BCUT2D eigenvalue weighted by atomic mass is 16.7. The molecule has 29 heavy (non-hydrogen) atoms. The van der Waals surface area contributed by atoms with Crippen LogP contribution in [0.5, 0.6) is 0 Å². The number of aromatic nitrogens is 3. The van der Waals surface area contributed by atoms with Crippen LogP contribution in [0.2, 0.25) is 0 Å². The molecule has 0 saturated carbocycles. The first-order valence-electron chi connectivity index (χ1n) is 9.91. The molecule has 0 radical (unpaired) electrons. The third-order valence-corrected chi connectivity index (χ3v) is 4.49. The molecule has 1 aliphatic heterocycles. The molecule has 0 spiro atoms. The van der Waals surface area contributed by atoms with Crippen molar-refractivity contribution in [2.24, 2.45) is 0 Å². The molecule has 1 aromatic rings. The second kappa shape index (κ2) is 13.2. The average molecular weight is 419 g/mol. The first-order valence-corrected chi connectivity index (χ1v) is 9.91. The molecule has 168 valence electrons. The third kappa shape index (κ3) is 7.87. The van der Waals surface area contributed by atoms with E-state index in [1.807, 2.05) is 0 Å². The van der Waals surface area contributed by atoms with Gasteiger partial charge < -0.3 is 39.0 Å². The van der Waals surface area contributed by atoms with Gasteiger partial charge in [0.1, 0.15) is 30.1 Å². The molecule has 0 unspecified atom stereocenters. The number of unbranched alkanes of at least 4 members (excludes halogenated alkanes) is 1. The third-order valence-electron chi connectivity index (χ3n) is 4.49. The molecular formula is C18H33N3O8. The van der Waals surface area contributed by atoms with Crippen LogP contribution in [0.1, 0.15) is 25.5 Å². The summed E-state index contributed by atoms with van der Waals surface area (Å²) >= 11 is 0. The van der Waals surface area contributed by atoms with Gasteiger partial charge in [0, 0.05) is 13.7 Å². The van der Waals surface area contributed by atoms with Crippen molar-refractivity contribution in [2.45, 2.75) is 63.6 Å². The first-order chi connectivity index (χ1) is 14.1. The van der Waals surface area contributed by atoms with Gasteiger partial charge in [-0.25, -0.2) is 4.68 Å². The van der Waals surface area contributed by atoms with E-state index in [1.54, 1.807) is 6.20 Å². The first kappa shape index (κ1) is 24.1. The monoisotopic (exact) mass is 419 g/mol. The fourth-order valence-electron chi connectivity index (χ4n) is 2.80. The fraction of sp³-hybridized carbons (Fsp3) is 0.889. The number of hydrogen-bond donors (Lipinski definition) is 3. The van der Waals surface area contributed by atoms with E-state index < -0.39 is 30.7 Å². The number of hydrogen-bond acceptors (Lipinski definition) is 10. The van der Waals surface area contributed by atoms with Crippen LogP contribution in [0.15, 0.2) is 6.20 Å². The van der Waals surface area contributed by atoms with E-state index >= 15 is 0 Å². The van der Waals surface area contributed by atoms with Crippen molar-refractivity contribution < 1.29 is 39.0 Å². The maximum absolute atomic E-state index is 10.1. The molecule has 0 amide bonds. The van der Waals surface area contributed by atoms with Gasteiger partial charge in [0.25, 0.3) is 0 Å². The topological polar surface area (TPSA) is 138 Å². The van der Waals surface area contributed by atoms with Gasteiger partial charge >= 0.3 is 0 Å². The van der Waals surface area contributed by atoms with Gasteiger partial charge in [-0.15, -0.1) is 5.10 Å². The van der Waals surface area contributed by atoms with Crippen molar-refractivity contribution in [3.05, 3.63) is 11.9 Å². The summed E-state index contributed by atoms with van der Waals surface area (Å²) in [5.74, 6) is 0. The van der Waals surface area contributed by atoms with Crippen molar-refractivity contribution in [3.8, 4) is 0 Å². The van der Waals surface area contributed by atoms with Crippen LogP contribution in [-0.2, 0) is 36.8 Å². The molecule has 11 nitrogen and oxygen atoms in total. The van der Waals surface area contributed by atoms with Crippen molar-refractivity contribution in [3.63, 3.8) is 0 Å². The summed E-state index contributed by atoms with van der Waals surface area (Å²) in [4.78, 5) is 0. The van der Waals surface area contributed by atoms with Crippen LogP contribution < -0.4 is 0 Å². The Balaban J connectivity index is 1.63. The number of methoxy groups -OCH3 is 1. The van der Waals surface area contributed by atoms with E-state index in [2.05, 4.69) is 17.2 Å². The number of rotatable bonds is 14. The second-order valence-corrected chi connectivity index (χ2v) is 6.81. The fourth-order valence-corrected chi connectivity index (χ4v) is 2.80. The Morgan fingerprint density at radius 1 is 1.00 bits per heavy atom. The Labute approximate surface area is 170 Å². The highest BCUT2D eigenvalue weighted by molar-refractivity contribution is 4.93. The van der Waals surface area contributed by atoms with Crippen molar-refractivity contribution in [1.82, 2.24) is 15.0 Å². The van der Waals surface area contributed by atoms with E-state index in [4.69, 9.17) is 23.7 Å². The van der Waals surface area contributed by atoms with E-state index in [0.29, 0.717) is 32.1 Å². The molecular weight excluding hydrogens is 386 g/mol. The van der Waals surface area contributed by atoms with Crippen LogP contribution in [0.4, 0.5) is 0 Å². The lowest BCUT2D eigenvalue weighted by molar-refractivity contribution is -0.292. The van der Waals surface area contributed by atoms with Crippen LogP contribution in [0.3, 0.4) is 0 Å². The standard InChI is InChI=1S/C18H33N3O8/c1-3-4-5-26-6-7-27-8-9-28-12-13-10-21(20-19-13)11-14-15(22)16(23)17(24)18(25-2)29-14/h10,14-18,22-24H,3-9,11-12H2,1-2H3/t14-,15-,16+,17-,18+/m1/s1. The molecule has 0 aromatic carbocycles. The number of aliphatic hydroxyl groups excluding tert-OH is 3. The Morgan fingerprint density at radius 3 is 2.38 bits per heavy atom. The van der Waals surface area contributed by atoms with Gasteiger partial charge in [0.05, 0.1) is 45.8 Å². The molecule has 1 aromatic heterocycles. The van der Waals surface area contributed by atoms with Gasteiger partial charge in [-0.2, -0.15) is 0 Å². The Kier molecular flexibility index (Phi) is 11.0. The highest BCUT2D eigenvalue weighted by Crippen LogP contribution is 2.22. The normalized spacial score (nSPS) is 27.4. The predicted octanol–water partition coefficient (Wildman–Crippen LogP) is -0.918. The molecule has 0 aliphatic carbocycles. The molecule has 0 bridgehead atoms. The van der Waals surface area contributed by atoms with Gasteiger partial charge in [-0.05, 0) is 6.42 Å². The zero-order valence-corrected chi connectivity index (χ0v) is 17.1. The maximum atomic E-state index is 10.1. The summed E-state index contributed by atoms with van der Waals surface area (Å²) < 4.78 is 28.3. The van der Waals surface area contributed by atoms with E-state index in [-0.39, 0.29) is 13.2 Å². The van der Waals surface area contributed by atoms with Gasteiger partial charge in [-0.3, -0.25) is 0 Å². The van der Waals surface area contributed by atoms with Crippen LogP contribution in [0, 0.1) is 0 Å². The Bertz CT molecular complexity index is 559. The lowest BCUT2D eigenvalue weighted by atomic mass is 9.99. The molecule has 1 saturated heterocycles. The number of nitrogens with zero attached hydrogens (tertiary/aromatic N) is 3. The summed E-state index contributed by atoms with van der Waals surface area (Å²) in [5, 5.41) is 37.8. The highest BCUT2D eigenvalue weighted by Gasteiger charge is 2.44. The summed E-state index contributed by atoms with van der Waals surface area (Å²) in [7, 11) is 1.35. The minimum atomic E-state index is -1.37. The van der Waals surface area contributed by atoms with E-state index in [1.165, 1.54) is 11.8 Å². The molecule has 2 heterocycles. The summed E-state index contributed by atoms with van der Waals surface area (Å²) in [6.45, 7) is 5.30. The van der Waals surface area contributed by atoms with Crippen molar-refractivity contribution >= 4 is 0 Å². The predicted molar refractivity (Wildman–Crippen MR) is 99.9 cm³/mol. The molecule has 5 atom stereocenters. The second-order valence-electron chi connectivity index (χ2n) is 6.81. The minimum absolute atomic E-state index is 0.138. The van der Waals surface area contributed by atoms with Crippen molar-refractivity contribution in [1.29, 1.82) is 0 Å². The smallest absolute Gasteiger partial charge is 0.186 e. The maximum Gasteiger partial charge on any atom is 0.186 e. The van der Waals surface area contributed by atoms with Gasteiger partial charge in [0.15, 0.2) is 6.29 Å². The Morgan fingerprint density at radius 2 is 1.69 bits per heavy atom. The van der Waals surface area contributed by atoms with Gasteiger partial charge in [-0.1, -0.05) is 18.6 Å². The van der Waals surface area contributed by atoms with E-state index in [9.17, 15) is 15.3 Å². The largest absolute Gasteiger partial charge is 0.388 e. The van der Waals surface area contributed by atoms with Crippen molar-refractivity contribution in [2.75, 3.05) is 40.1 Å². The average Bonchev–Trinajstić information content (AvgIpc) is 3.17. The minimum Gasteiger partial charge on any atom is -0.388 e. The molecule has 1 fully saturated rings. The lowest BCUT2D eigenvalue weighted by Crippen LogP contribution is -2.58. The summed E-state index contributed by atoms with van der Waals surface area (Å²) in [6.07, 6.45) is -1.96. The van der Waals surface area contributed by atoms with E-state index in [0.717, 1.165) is 19.4 Å². The van der Waals surface area contributed by atoms with Gasteiger partial charge in [0.2, 0.25) is 0 Å². The molecule has 3 N–H and O–H groups in total. The Hall–Kier alpha value is -1.18. The van der Waals surface area contributed by atoms with Crippen LogP contribution in [0.25, 0.3) is 0 Å². The number of aliphatic hydroxyl groups is 3. The summed E-state index contributed by atoms with van der Waals surface area (Å²) in [6, 6.07) is 0. The molecule has 2 rings (SSSR count). The van der Waals surface area contributed by atoms with Crippen LogP contribution in [-0.4, -0.2) is 101 Å². The number of ether oxygens (including phenoxy) is 5. The molecule has 11 heteroatoms. The SMILES string of the molecule is CCCCOCCOCCOCc1cn(C[C@H]2O[C@H](OC)[C@H](O)[C@@H](O)[C@@H]2O)nn1. The summed E-state index contributed by atoms with van der Waals surface area (Å²) in [5.41, 5.74) is 0.613. The zero-order chi connectivity index (χ0) is 21.1. The zero-order valence-electron chi connectivity index (χ0n) is 17.1. The lowest BCUT2D eigenvalue weighted by Gasteiger charge is -2.39. The van der Waals surface area contributed by atoms with Crippen LogP contribution >= 0.6 is 0 Å². The quantitative estimate of drug-likeness (QED) is 0.325.